The quantitative estimate of drug-likeness (QED) is 0.853. The van der Waals surface area contributed by atoms with Crippen molar-refractivity contribution >= 4 is 5.91 Å². The number of nitrogens with zero attached hydrogens (tertiary/aromatic N) is 1. The maximum atomic E-state index is 11.9. The van der Waals surface area contributed by atoms with Crippen molar-refractivity contribution in [1.82, 2.24) is 10.3 Å². The Balaban J connectivity index is 1.86. The molecule has 0 saturated carbocycles. The highest BCUT2D eigenvalue weighted by molar-refractivity contribution is 5.77. The Bertz CT molecular complexity index is 599. The molecular formula is C18H22N2O2. The van der Waals surface area contributed by atoms with Crippen LogP contribution in [-0.2, 0) is 11.3 Å². The number of nitrogens with one attached hydrogen (secondary N) is 1. The molecule has 4 nitrogen and oxygen atoms in total. The molecule has 0 spiro atoms. The summed E-state index contributed by atoms with van der Waals surface area (Å²) in [6.07, 6.45) is 2.74. The van der Waals surface area contributed by atoms with Gasteiger partial charge in [-0.05, 0) is 36.1 Å². The summed E-state index contributed by atoms with van der Waals surface area (Å²) in [5, 5.41) is 2.81. The molecule has 0 aliphatic rings. The van der Waals surface area contributed by atoms with Gasteiger partial charge in [-0.15, -0.1) is 0 Å². The zero-order chi connectivity index (χ0) is 15.8. The molecule has 1 atom stereocenters. The molecule has 1 heterocycles. The lowest BCUT2D eigenvalue weighted by Gasteiger charge is -2.15. The minimum atomic E-state index is -0.149. The highest BCUT2D eigenvalue weighted by atomic mass is 16.5. The molecule has 0 fully saturated rings. The van der Waals surface area contributed by atoms with Gasteiger partial charge in [-0.25, -0.2) is 0 Å². The van der Waals surface area contributed by atoms with E-state index in [1.165, 1.54) is 0 Å². The Labute approximate surface area is 131 Å². The van der Waals surface area contributed by atoms with Crippen molar-refractivity contribution in [2.24, 2.45) is 0 Å². The van der Waals surface area contributed by atoms with Crippen molar-refractivity contribution in [3.05, 3.63) is 59.9 Å². The number of hydrogen-bond donors (Lipinski definition) is 1. The Morgan fingerprint density at radius 1 is 1.23 bits per heavy atom. The van der Waals surface area contributed by atoms with Crippen LogP contribution in [-0.4, -0.2) is 17.5 Å². The number of carbonyl (C=O) groups is 1. The summed E-state index contributed by atoms with van der Waals surface area (Å²) < 4.78 is 5.68. The standard InChI is InChI=1S/C18H22N2O2/c1-3-14(2)16-9-4-5-10-17(16)22-13-18(21)20-12-15-8-6-7-11-19-15/h4-11,14H,3,12-13H2,1-2H3,(H,20,21)/t14-/m1/s1. The molecule has 2 rings (SSSR count). The van der Waals surface area contributed by atoms with Gasteiger partial charge in [0.15, 0.2) is 6.61 Å². The third kappa shape index (κ3) is 4.58. The normalized spacial score (nSPS) is 11.7. The van der Waals surface area contributed by atoms with Gasteiger partial charge in [-0.1, -0.05) is 38.1 Å². The number of amides is 1. The Kier molecular flexibility index (Phi) is 5.95. The summed E-state index contributed by atoms with van der Waals surface area (Å²) in [6.45, 7) is 4.72. The van der Waals surface area contributed by atoms with Gasteiger partial charge < -0.3 is 10.1 Å². The van der Waals surface area contributed by atoms with Gasteiger partial charge in [0.2, 0.25) is 0 Å². The van der Waals surface area contributed by atoms with Gasteiger partial charge in [0.1, 0.15) is 5.75 Å². The number of ether oxygens (including phenoxy) is 1. The second-order valence-electron chi connectivity index (χ2n) is 5.23. The zero-order valence-corrected chi connectivity index (χ0v) is 13.1. The lowest BCUT2D eigenvalue weighted by molar-refractivity contribution is -0.123. The molecule has 0 aliphatic heterocycles. The van der Waals surface area contributed by atoms with E-state index in [0.717, 1.165) is 23.4 Å². The number of hydrogen-bond acceptors (Lipinski definition) is 3. The van der Waals surface area contributed by atoms with Crippen LogP contribution in [0.1, 0.15) is 37.4 Å². The summed E-state index contributed by atoms with van der Waals surface area (Å²) in [5.74, 6) is 1.04. The van der Waals surface area contributed by atoms with Crippen molar-refractivity contribution in [2.75, 3.05) is 6.61 Å². The molecule has 1 aromatic carbocycles. The smallest absolute Gasteiger partial charge is 0.258 e. The van der Waals surface area contributed by atoms with Gasteiger partial charge in [-0.3, -0.25) is 9.78 Å². The van der Waals surface area contributed by atoms with E-state index in [2.05, 4.69) is 30.2 Å². The molecule has 116 valence electrons. The maximum absolute atomic E-state index is 11.9. The van der Waals surface area contributed by atoms with E-state index < -0.39 is 0 Å². The minimum absolute atomic E-state index is 0.0142. The zero-order valence-electron chi connectivity index (χ0n) is 13.1. The van der Waals surface area contributed by atoms with Crippen LogP contribution in [0.25, 0.3) is 0 Å². The summed E-state index contributed by atoms with van der Waals surface area (Å²) in [7, 11) is 0. The summed E-state index contributed by atoms with van der Waals surface area (Å²) >= 11 is 0. The van der Waals surface area contributed by atoms with Crippen LogP contribution < -0.4 is 10.1 Å². The van der Waals surface area contributed by atoms with Crippen LogP contribution in [0, 0.1) is 0 Å². The molecule has 22 heavy (non-hydrogen) atoms. The van der Waals surface area contributed by atoms with Crippen LogP contribution in [0.3, 0.4) is 0 Å². The molecule has 0 bridgehead atoms. The fourth-order valence-corrected chi connectivity index (χ4v) is 2.13. The predicted molar refractivity (Wildman–Crippen MR) is 86.7 cm³/mol. The first-order chi connectivity index (χ1) is 10.7. The molecule has 0 radical (unpaired) electrons. The average Bonchev–Trinajstić information content (AvgIpc) is 2.58. The number of para-hydroxylation sites is 1. The Hall–Kier alpha value is -2.36. The maximum Gasteiger partial charge on any atom is 0.258 e. The van der Waals surface area contributed by atoms with Crippen LogP contribution in [0.15, 0.2) is 48.7 Å². The summed E-state index contributed by atoms with van der Waals surface area (Å²) in [5.41, 5.74) is 1.97. The monoisotopic (exact) mass is 298 g/mol. The number of pyridine rings is 1. The van der Waals surface area contributed by atoms with E-state index in [0.29, 0.717) is 12.5 Å². The SMILES string of the molecule is CC[C@@H](C)c1ccccc1OCC(=O)NCc1ccccn1. The predicted octanol–water partition coefficient (Wildman–Crippen LogP) is 3.29. The van der Waals surface area contributed by atoms with Crippen molar-refractivity contribution < 1.29 is 9.53 Å². The Morgan fingerprint density at radius 2 is 2.00 bits per heavy atom. The molecule has 0 unspecified atom stereocenters. The van der Waals surface area contributed by atoms with Gasteiger partial charge in [-0.2, -0.15) is 0 Å². The highest BCUT2D eigenvalue weighted by Gasteiger charge is 2.11. The van der Waals surface area contributed by atoms with Gasteiger partial charge >= 0.3 is 0 Å². The lowest BCUT2D eigenvalue weighted by Crippen LogP contribution is -2.28. The highest BCUT2D eigenvalue weighted by Crippen LogP contribution is 2.28. The second kappa shape index (κ2) is 8.17. The average molecular weight is 298 g/mol. The van der Waals surface area contributed by atoms with E-state index in [4.69, 9.17) is 4.74 Å². The molecular weight excluding hydrogens is 276 g/mol. The van der Waals surface area contributed by atoms with E-state index in [1.807, 2.05) is 36.4 Å². The van der Waals surface area contributed by atoms with Gasteiger partial charge in [0, 0.05) is 6.20 Å². The van der Waals surface area contributed by atoms with Crippen molar-refractivity contribution in [3.63, 3.8) is 0 Å². The van der Waals surface area contributed by atoms with E-state index in [-0.39, 0.29) is 12.5 Å². The Morgan fingerprint density at radius 3 is 2.73 bits per heavy atom. The molecule has 0 aliphatic carbocycles. The molecule has 1 aromatic heterocycles. The first-order valence-corrected chi connectivity index (χ1v) is 7.59. The van der Waals surface area contributed by atoms with E-state index in [9.17, 15) is 4.79 Å². The first-order valence-electron chi connectivity index (χ1n) is 7.59. The summed E-state index contributed by atoms with van der Waals surface area (Å²) in [6, 6.07) is 13.5. The topological polar surface area (TPSA) is 51.2 Å². The second-order valence-corrected chi connectivity index (χ2v) is 5.23. The number of carbonyl (C=O) groups excluding carboxylic acids is 1. The van der Waals surface area contributed by atoms with Gasteiger partial charge in [0.05, 0.1) is 12.2 Å². The third-order valence-corrected chi connectivity index (χ3v) is 3.61. The molecule has 1 amide bonds. The van der Waals surface area contributed by atoms with E-state index in [1.54, 1.807) is 6.20 Å². The molecule has 1 N–H and O–H groups in total. The molecule has 4 heteroatoms. The van der Waals surface area contributed by atoms with Crippen LogP contribution in [0.5, 0.6) is 5.75 Å². The number of aromatic nitrogens is 1. The lowest BCUT2D eigenvalue weighted by atomic mass is 9.98. The largest absolute Gasteiger partial charge is 0.483 e. The molecule has 0 saturated heterocycles. The first kappa shape index (κ1) is 16.0. The van der Waals surface area contributed by atoms with Crippen molar-refractivity contribution in [3.8, 4) is 5.75 Å². The molecule has 2 aromatic rings. The van der Waals surface area contributed by atoms with Crippen LogP contribution in [0.2, 0.25) is 0 Å². The fourth-order valence-electron chi connectivity index (χ4n) is 2.13. The fraction of sp³-hybridized carbons (Fsp3) is 0.333. The van der Waals surface area contributed by atoms with Crippen LogP contribution >= 0.6 is 0 Å². The van der Waals surface area contributed by atoms with Gasteiger partial charge in [0.25, 0.3) is 5.91 Å². The number of benzene rings is 1. The summed E-state index contributed by atoms with van der Waals surface area (Å²) in [4.78, 5) is 16.0. The number of rotatable bonds is 7. The van der Waals surface area contributed by atoms with Crippen molar-refractivity contribution in [2.45, 2.75) is 32.7 Å². The minimum Gasteiger partial charge on any atom is -0.483 e. The van der Waals surface area contributed by atoms with Crippen molar-refractivity contribution in [1.29, 1.82) is 0 Å². The van der Waals surface area contributed by atoms with Crippen LogP contribution in [0.4, 0.5) is 0 Å². The third-order valence-electron chi connectivity index (χ3n) is 3.61. The van der Waals surface area contributed by atoms with E-state index >= 15 is 0 Å².